The summed E-state index contributed by atoms with van der Waals surface area (Å²) in [4.78, 5) is 11.4. The van der Waals surface area contributed by atoms with Gasteiger partial charge in [-0.2, -0.15) is 0 Å². The molecule has 122 valence electrons. The molecule has 22 heavy (non-hydrogen) atoms. The lowest BCUT2D eigenvalue weighted by atomic mass is 10.3. The normalized spacial score (nSPS) is 11.1. The van der Waals surface area contributed by atoms with Crippen molar-refractivity contribution >= 4 is 75.2 Å². The molecule has 0 atom stereocenters. The Labute approximate surface area is 170 Å². The Bertz CT molecular complexity index is 595. The van der Waals surface area contributed by atoms with Gasteiger partial charge in [0.2, 0.25) is 0 Å². The second-order valence-electron chi connectivity index (χ2n) is 4.38. The number of hydrogen-bond acceptors (Lipinski definition) is 4. The van der Waals surface area contributed by atoms with Gasteiger partial charge in [-0.1, -0.05) is 6.92 Å². The Hall–Kier alpha value is 0.0600. The zero-order valence-electron chi connectivity index (χ0n) is 12.6. The summed E-state index contributed by atoms with van der Waals surface area (Å²) in [6.07, 6.45) is 4.02. The molecule has 0 aliphatic carbocycles. The topological polar surface area (TPSA) is 49.3 Å². The van der Waals surface area contributed by atoms with Gasteiger partial charge in [0.15, 0.2) is 5.96 Å². The number of aromatic nitrogens is 1. The number of aliphatic imine (C=N–C) groups is 1. The quantitative estimate of drug-likeness (QED) is 0.319. The summed E-state index contributed by atoms with van der Waals surface area (Å²) in [5.41, 5.74) is 0. The molecular weight excluding hydrogens is 542 g/mol. The molecule has 0 spiro atoms. The first-order valence-corrected chi connectivity index (χ1v) is 9.54. The van der Waals surface area contributed by atoms with E-state index in [4.69, 9.17) is 0 Å². The molecule has 0 radical (unpaired) electrons. The van der Waals surface area contributed by atoms with Crippen molar-refractivity contribution in [1.29, 1.82) is 0 Å². The van der Waals surface area contributed by atoms with E-state index in [1.54, 1.807) is 18.4 Å². The average molecular weight is 562 g/mol. The number of nitrogens with zero attached hydrogens (tertiary/aromatic N) is 2. The van der Waals surface area contributed by atoms with Crippen LogP contribution in [0.4, 0.5) is 0 Å². The molecular formula is C14H20I2N4S2. The number of thiophene rings is 1. The highest BCUT2D eigenvalue weighted by Gasteiger charge is 2.03. The van der Waals surface area contributed by atoms with E-state index in [2.05, 4.69) is 62.3 Å². The van der Waals surface area contributed by atoms with Crippen LogP contribution in [-0.2, 0) is 19.4 Å². The van der Waals surface area contributed by atoms with E-state index >= 15 is 0 Å². The second-order valence-corrected chi connectivity index (χ2v) is 8.64. The average Bonchev–Trinajstić information content (AvgIpc) is 3.11. The molecule has 2 rings (SSSR count). The number of guanidine groups is 1. The number of aryl methyl sites for hydroxylation is 1. The minimum Gasteiger partial charge on any atom is -0.356 e. The van der Waals surface area contributed by atoms with Crippen LogP contribution in [0.3, 0.4) is 0 Å². The first-order chi connectivity index (χ1) is 10.2. The number of thiazole rings is 1. The maximum absolute atomic E-state index is 4.40. The number of hydrogen-bond donors (Lipinski definition) is 2. The van der Waals surface area contributed by atoms with Crippen LogP contribution in [0.1, 0.15) is 21.7 Å². The van der Waals surface area contributed by atoms with Crippen molar-refractivity contribution < 1.29 is 0 Å². The monoisotopic (exact) mass is 562 g/mol. The van der Waals surface area contributed by atoms with Gasteiger partial charge in [-0.05, 0) is 47.6 Å². The molecule has 4 nitrogen and oxygen atoms in total. The van der Waals surface area contributed by atoms with Gasteiger partial charge in [-0.15, -0.1) is 46.7 Å². The van der Waals surface area contributed by atoms with E-state index in [9.17, 15) is 0 Å². The summed E-state index contributed by atoms with van der Waals surface area (Å²) in [6, 6.07) is 4.34. The highest BCUT2D eigenvalue weighted by atomic mass is 127. The third-order valence-electron chi connectivity index (χ3n) is 2.87. The standard InChI is InChI=1S/C14H19IN4S2.HI/c1-3-10-8-18-13(21-10)9-19-14(16-2)17-7-6-11-4-5-12(15)20-11;/h4-5,8H,3,6-7,9H2,1-2H3,(H2,16,17,19);1H. The maximum Gasteiger partial charge on any atom is 0.191 e. The predicted octanol–water partition coefficient (Wildman–Crippen LogP) is 3.90. The minimum atomic E-state index is 0. The van der Waals surface area contributed by atoms with Crippen LogP contribution in [0.15, 0.2) is 23.3 Å². The summed E-state index contributed by atoms with van der Waals surface area (Å²) in [5.74, 6) is 0.828. The molecule has 2 aromatic rings. The molecule has 0 fully saturated rings. The van der Waals surface area contributed by atoms with Crippen molar-refractivity contribution in [2.45, 2.75) is 26.3 Å². The van der Waals surface area contributed by atoms with E-state index in [0.717, 1.165) is 36.9 Å². The van der Waals surface area contributed by atoms with Crippen LogP contribution in [0.5, 0.6) is 0 Å². The van der Waals surface area contributed by atoms with E-state index in [1.165, 1.54) is 12.6 Å². The van der Waals surface area contributed by atoms with Gasteiger partial charge in [0, 0.05) is 29.5 Å². The Morgan fingerprint density at radius 2 is 2.09 bits per heavy atom. The lowest BCUT2D eigenvalue weighted by Crippen LogP contribution is -2.37. The van der Waals surface area contributed by atoms with Crippen LogP contribution >= 0.6 is 69.2 Å². The van der Waals surface area contributed by atoms with Gasteiger partial charge < -0.3 is 10.6 Å². The van der Waals surface area contributed by atoms with Crippen LogP contribution in [0, 0.1) is 2.88 Å². The van der Waals surface area contributed by atoms with Crippen LogP contribution in [0.2, 0.25) is 0 Å². The highest BCUT2D eigenvalue weighted by molar-refractivity contribution is 14.1. The molecule has 0 bridgehead atoms. The van der Waals surface area contributed by atoms with Gasteiger partial charge >= 0.3 is 0 Å². The molecule has 2 aromatic heterocycles. The third kappa shape index (κ3) is 6.67. The smallest absolute Gasteiger partial charge is 0.191 e. The number of rotatable bonds is 6. The van der Waals surface area contributed by atoms with Gasteiger partial charge in [0.05, 0.1) is 9.43 Å². The van der Waals surface area contributed by atoms with Crippen molar-refractivity contribution in [2.24, 2.45) is 4.99 Å². The van der Waals surface area contributed by atoms with Gasteiger partial charge in [-0.25, -0.2) is 4.98 Å². The van der Waals surface area contributed by atoms with Crippen molar-refractivity contribution in [1.82, 2.24) is 15.6 Å². The molecule has 2 N–H and O–H groups in total. The van der Waals surface area contributed by atoms with Crippen LogP contribution < -0.4 is 10.6 Å². The zero-order chi connectivity index (χ0) is 15.1. The largest absolute Gasteiger partial charge is 0.356 e. The number of nitrogens with one attached hydrogen (secondary N) is 2. The van der Waals surface area contributed by atoms with Gasteiger partial charge in [0.25, 0.3) is 0 Å². The van der Waals surface area contributed by atoms with Crippen molar-refractivity contribution in [2.75, 3.05) is 13.6 Å². The Kier molecular flexibility index (Phi) is 9.84. The van der Waals surface area contributed by atoms with E-state index in [1.807, 2.05) is 17.5 Å². The first-order valence-electron chi connectivity index (χ1n) is 6.83. The molecule has 0 unspecified atom stereocenters. The summed E-state index contributed by atoms with van der Waals surface area (Å²) < 4.78 is 1.33. The Morgan fingerprint density at radius 1 is 1.27 bits per heavy atom. The highest BCUT2D eigenvalue weighted by Crippen LogP contribution is 2.18. The molecule has 2 heterocycles. The fraction of sp³-hybridized carbons (Fsp3) is 0.429. The molecule has 0 aromatic carbocycles. The van der Waals surface area contributed by atoms with Crippen LogP contribution in [-0.4, -0.2) is 24.5 Å². The lowest BCUT2D eigenvalue weighted by molar-refractivity contribution is 0.796. The van der Waals surface area contributed by atoms with Crippen molar-refractivity contribution in [3.05, 3.63) is 36.0 Å². The molecule has 0 aliphatic heterocycles. The SMILES string of the molecule is CCc1cnc(CNC(=NC)NCCc2ccc(I)s2)s1.I. The molecule has 0 amide bonds. The lowest BCUT2D eigenvalue weighted by Gasteiger charge is -2.10. The third-order valence-corrected chi connectivity index (χ3v) is 5.97. The first kappa shape index (κ1) is 20.1. The molecule has 0 aliphatic rings. The minimum absolute atomic E-state index is 0. The second kappa shape index (κ2) is 10.8. The maximum atomic E-state index is 4.40. The van der Waals surface area contributed by atoms with E-state index < -0.39 is 0 Å². The number of halogens is 2. The van der Waals surface area contributed by atoms with Crippen molar-refractivity contribution in [3.63, 3.8) is 0 Å². The predicted molar refractivity (Wildman–Crippen MR) is 116 cm³/mol. The Balaban J connectivity index is 0.00000242. The molecule has 8 heteroatoms. The zero-order valence-corrected chi connectivity index (χ0v) is 18.7. The van der Waals surface area contributed by atoms with E-state index in [0.29, 0.717) is 0 Å². The van der Waals surface area contributed by atoms with Gasteiger partial charge in [0.1, 0.15) is 5.01 Å². The molecule has 0 saturated carbocycles. The summed E-state index contributed by atoms with van der Waals surface area (Å²) in [7, 11) is 1.79. The van der Waals surface area contributed by atoms with Gasteiger partial charge in [-0.3, -0.25) is 4.99 Å². The summed E-state index contributed by atoms with van der Waals surface area (Å²) in [5, 5.41) is 7.74. The Morgan fingerprint density at radius 3 is 2.68 bits per heavy atom. The summed E-state index contributed by atoms with van der Waals surface area (Å²) in [6.45, 7) is 3.76. The fourth-order valence-corrected chi connectivity index (χ4v) is 4.32. The fourth-order valence-electron chi connectivity index (χ4n) is 1.76. The summed E-state index contributed by atoms with van der Waals surface area (Å²) >= 11 is 5.95. The van der Waals surface area contributed by atoms with Crippen molar-refractivity contribution in [3.8, 4) is 0 Å². The van der Waals surface area contributed by atoms with E-state index in [-0.39, 0.29) is 24.0 Å². The van der Waals surface area contributed by atoms with Crippen LogP contribution in [0.25, 0.3) is 0 Å². The molecule has 0 saturated heterocycles.